The highest BCUT2D eigenvalue weighted by molar-refractivity contribution is 7.15. The number of hydrogen-bond donors (Lipinski definition) is 1. The lowest BCUT2D eigenvalue weighted by Gasteiger charge is -2.34. The van der Waals surface area contributed by atoms with Gasteiger partial charge < -0.3 is 10.5 Å². The third-order valence-corrected chi connectivity index (χ3v) is 5.28. The van der Waals surface area contributed by atoms with E-state index in [9.17, 15) is 0 Å². The highest BCUT2D eigenvalue weighted by Gasteiger charge is 2.36. The molecule has 2 N–H and O–H groups in total. The Balaban J connectivity index is 1.61. The van der Waals surface area contributed by atoms with Gasteiger partial charge in [-0.05, 0) is 5.92 Å². The van der Waals surface area contributed by atoms with Crippen molar-refractivity contribution in [3.8, 4) is 0 Å². The van der Waals surface area contributed by atoms with Gasteiger partial charge in [0.2, 0.25) is 0 Å². The monoisotopic (exact) mass is 296 g/mol. The average Bonchev–Trinajstić information content (AvgIpc) is 3.06. The molecule has 2 aliphatic heterocycles. The molecule has 2 fully saturated rings. The number of morpholine rings is 1. The summed E-state index contributed by atoms with van der Waals surface area (Å²) in [6.07, 6.45) is 3.17. The minimum Gasteiger partial charge on any atom is -0.379 e. The number of thiazole rings is 1. The van der Waals surface area contributed by atoms with Crippen LogP contribution in [0.2, 0.25) is 0 Å². The normalized spacial score (nSPS) is 29.1. The van der Waals surface area contributed by atoms with E-state index in [0.29, 0.717) is 11.2 Å². The molecule has 3 rings (SSSR count). The van der Waals surface area contributed by atoms with Gasteiger partial charge in [0.25, 0.3) is 0 Å². The van der Waals surface area contributed by atoms with Gasteiger partial charge in [0.15, 0.2) is 5.13 Å². The molecule has 6 heteroatoms. The second-order valence-electron chi connectivity index (χ2n) is 5.74. The summed E-state index contributed by atoms with van der Waals surface area (Å²) < 4.78 is 5.48. The van der Waals surface area contributed by atoms with Crippen molar-refractivity contribution < 1.29 is 4.74 Å². The summed E-state index contributed by atoms with van der Waals surface area (Å²) in [7, 11) is 0. The second-order valence-corrected chi connectivity index (χ2v) is 6.89. The molecule has 20 heavy (non-hydrogen) atoms. The molecular weight excluding hydrogens is 272 g/mol. The molecule has 1 aromatic rings. The first-order valence-electron chi connectivity index (χ1n) is 7.50. The fourth-order valence-corrected chi connectivity index (χ4v) is 4.14. The minimum absolute atomic E-state index is 0.677. The van der Waals surface area contributed by atoms with Crippen LogP contribution in [0.25, 0.3) is 0 Å². The maximum Gasteiger partial charge on any atom is 0.180 e. The quantitative estimate of drug-likeness (QED) is 0.907. The number of anilines is 1. The van der Waals surface area contributed by atoms with Gasteiger partial charge in [0.1, 0.15) is 0 Å². The Hall–Kier alpha value is -0.690. The zero-order chi connectivity index (χ0) is 13.9. The zero-order valence-corrected chi connectivity index (χ0v) is 12.9. The standard InChI is InChI=1S/C14H24N4OS/c1-2-11-8-17(9-12-7-16-14(15)20-12)10-13(11)18-3-5-19-6-4-18/h7,11,13H,2-6,8-10H2,1H3,(H2,15,16). The fraction of sp³-hybridized carbons (Fsp3) is 0.786. The molecule has 0 spiro atoms. The van der Waals surface area contributed by atoms with Crippen LogP contribution < -0.4 is 5.73 Å². The molecule has 2 unspecified atom stereocenters. The number of nitrogen functional groups attached to an aromatic ring is 1. The minimum atomic E-state index is 0.677. The summed E-state index contributed by atoms with van der Waals surface area (Å²) in [6, 6.07) is 0.689. The van der Waals surface area contributed by atoms with E-state index < -0.39 is 0 Å². The SMILES string of the molecule is CCC1CN(Cc2cnc(N)s2)CC1N1CCOCC1. The van der Waals surface area contributed by atoms with E-state index in [-0.39, 0.29) is 0 Å². The predicted octanol–water partition coefficient (Wildman–Crippen LogP) is 1.27. The van der Waals surface area contributed by atoms with E-state index in [4.69, 9.17) is 10.5 Å². The Morgan fingerprint density at radius 2 is 2.20 bits per heavy atom. The van der Waals surface area contributed by atoms with Gasteiger partial charge in [0.05, 0.1) is 13.2 Å². The molecule has 3 heterocycles. The van der Waals surface area contributed by atoms with Crippen LogP contribution in [0.4, 0.5) is 5.13 Å². The van der Waals surface area contributed by atoms with Gasteiger partial charge in [-0.15, -0.1) is 11.3 Å². The van der Waals surface area contributed by atoms with Crippen LogP contribution in [0.3, 0.4) is 0 Å². The van der Waals surface area contributed by atoms with Gasteiger partial charge in [-0.1, -0.05) is 13.3 Å². The van der Waals surface area contributed by atoms with Crippen molar-refractivity contribution in [2.24, 2.45) is 5.92 Å². The van der Waals surface area contributed by atoms with Crippen molar-refractivity contribution in [2.75, 3.05) is 45.1 Å². The maximum absolute atomic E-state index is 5.72. The molecule has 0 bridgehead atoms. The Bertz CT molecular complexity index is 433. The highest BCUT2D eigenvalue weighted by Crippen LogP contribution is 2.28. The third-order valence-electron chi connectivity index (χ3n) is 4.47. The van der Waals surface area contributed by atoms with Crippen LogP contribution in [0.1, 0.15) is 18.2 Å². The third kappa shape index (κ3) is 3.14. The summed E-state index contributed by atoms with van der Waals surface area (Å²) in [4.78, 5) is 10.6. The molecular formula is C14H24N4OS. The highest BCUT2D eigenvalue weighted by atomic mass is 32.1. The zero-order valence-electron chi connectivity index (χ0n) is 12.1. The lowest BCUT2D eigenvalue weighted by Crippen LogP contribution is -2.47. The largest absolute Gasteiger partial charge is 0.379 e. The van der Waals surface area contributed by atoms with Crippen molar-refractivity contribution in [2.45, 2.75) is 25.9 Å². The summed E-state index contributed by atoms with van der Waals surface area (Å²) in [5.74, 6) is 0.776. The molecule has 0 radical (unpaired) electrons. The summed E-state index contributed by atoms with van der Waals surface area (Å²) in [5.41, 5.74) is 5.72. The van der Waals surface area contributed by atoms with Crippen LogP contribution in [-0.2, 0) is 11.3 Å². The number of nitrogens with two attached hydrogens (primary N) is 1. The molecule has 0 amide bonds. The van der Waals surface area contributed by atoms with Gasteiger partial charge >= 0.3 is 0 Å². The maximum atomic E-state index is 5.72. The van der Waals surface area contributed by atoms with E-state index in [1.807, 2.05) is 6.20 Å². The summed E-state index contributed by atoms with van der Waals surface area (Å²) >= 11 is 1.61. The first-order chi connectivity index (χ1) is 9.76. The second kappa shape index (κ2) is 6.39. The molecule has 2 saturated heterocycles. The number of hydrogen-bond acceptors (Lipinski definition) is 6. The van der Waals surface area contributed by atoms with Crippen LogP contribution >= 0.6 is 11.3 Å². The van der Waals surface area contributed by atoms with Crippen LogP contribution in [0, 0.1) is 5.92 Å². The van der Waals surface area contributed by atoms with E-state index in [2.05, 4.69) is 21.7 Å². The van der Waals surface area contributed by atoms with Gasteiger partial charge in [-0.2, -0.15) is 0 Å². The Labute approximate surface area is 124 Å². The first-order valence-corrected chi connectivity index (χ1v) is 8.32. The summed E-state index contributed by atoms with van der Waals surface area (Å²) in [5, 5.41) is 0.677. The molecule has 1 aromatic heterocycles. The van der Waals surface area contributed by atoms with Gasteiger partial charge in [0, 0.05) is 49.8 Å². The number of likely N-dealkylation sites (tertiary alicyclic amines) is 1. The Morgan fingerprint density at radius 3 is 2.85 bits per heavy atom. The smallest absolute Gasteiger partial charge is 0.180 e. The molecule has 5 nitrogen and oxygen atoms in total. The molecule has 0 saturated carbocycles. The van der Waals surface area contributed by atoms with Crippen molar-refractivity contribution in [1.29, 1.82) is 0 Å². The lowest BCUT2D eigenvalue weighted by atomic mass is 9.99. The average molecular weight is 296 g/mol. The summed E-state index contributed by atoms with van der Waals surface area (Å²) in [6.45, 7) is 9.60. The van der Waals surface area contributed by atoms with Crippen LogP contribution in [0.15, 0.2) is 6.20 Å². The van der Waals surface area contributed by atoms with E-state index in [1.54, 1.807) is 11.3 Å². The first kappa shape index (κ1) is 14.3. The van der Waals surface area contributed by atoms with Crippen molar-refractivity contribution in [1.82, 2.24) is 14.8 Å². The molecule has 0 aromatic carbocycles. The van der Waals surface area contributed by atoms with Gasteiger partial charge in [-0.3, -0.25) is 9.80 Å². The van der Waals surface area contributed by atoms with Crippen molar-refractivity contribution in [3.05, 3.63) is 11.1 Å². The van der Waals surface area contributed by atoms with Gasteiger partial charge in [-0.25, -0.2) is 4.98 Å². The van der Waals surface area contributed by atoms with E-state index >= 15 is 0 Å². The van der Waals surface area contributed by atoms with Crippen LogP contribution in [-0.4, -0.2) is 60.2 Å². The number of nitrogens with zero attached hydrogens (tertiary/aromatic N) is 3. The number of ether oxygens (including phenoxy) is 1. The number of aromatic nitrogens is 1. The van der Waals surface area contributed by atoms with E-state index in [1.165, 1.54) is 17.8 Å². The van der Waals surface area contributed by atoms with Crippen molar-refractivity contribution in [3.63, 3.8) is 0 Å². The Morgan fingerprint density at radius 1 is 1.40 bits per heavy atom. The molecule has 112 valence electrons. The molecule has 2 atom stereocenters. The predicted molar refractivity (Wildman–Crippen MR) is 81.8 cm³/mol. The van der Waals surface area contributed by atoms with E-state index in [0.717, 1.165) is 45.3 Å². The van der Waals surface area contributed by atoms with Crippen molar-refractivity contribution >= 4 is 16.5 Å². The van der Waals surface area contributed by atoms with Crippen LogP contribution in [0.5, 0.6) is 0 Å². The molecule has 0 aliphatic carbocycles. The molecule has 2 aliphatic rings. The fourth-order valence-electron chi connectivity index (χ4n) is 3.41. The Kier molecular flexibility index (Phi) is 4.55. The topological polar surface area (TPSA) is 54.6 Å². The number of rotatable bonds is 4. The lowest BCUT2D eigenvalue weighted by molar-refractivity contribution is 0.0101.